The average Bonchev–Trinajstić information content (AvgIpc) is 2.85. The Balaban J connectivity index is 2.36. The van der Waals surface area contributed by atoms with E-state index in [-0.39, 0.29) is 10.9 Å². The molecule has 0 aliphatic carbocycles. The molecule has 2 unspecified atom stereocenters. The highest BCUT2D eigenvalue weighted by Crippen LogP contribution is 2.34. The quantitative estimate of drug-likeness (QED) is 0.929. The van der Waals surface area contributed by atoms with Crippen LogP contribution in [0.25, 0.3) is 0 Å². The van der Waals surface area contributed by atoms with Crippen molar-refractivity contribution in [2.75, 3.05) is 5.75 Å². The lowest BCUT2D eigenvalue weighted by Crippen LogP contribution is -2.45. The molecule has 0 saturated carbocycles. The van der Waals surface area contributed by atoms with Gasteiger partial charge >= 0.3 is 5.97 Å². The summed E-state index contributed by atoms with van der Waals surface area (Å²) in [6.07, 6.45) is 1.59. The van der Waals surface area contributed by atoms with Crippen LogP contribution in [0.1, 0.15) is 35.7 Å². The summed E-state index contributed by atoms with van der Waals surface area (Å²) in [4.78, 5) is 25.5. The lowest BCUT2D eigenvalue weighted by Gasteiger charge is -2.27. The van der Waals surface area contributed by atoms with Crippen LogP contribution < -0.4 is 0 Å². The van der Waals surface area contributed by atoms with Crippen molar-refractivity contribution in [3.63, 3.8) is 0 Å². The van der Waals surface area contributed by atoms with E-state index >= 15 is 0 Å². The first kappa shape index (κ1) is 15.8. The van der Waals surface area contributed by atoms with Crippen molar-refractivity contribution in [3.05, 3.63) is 35.1 Å². The number of carbonyl (C=O) groups excluding carboxylic acids is 1. The number of nitrogens with zero attached hydrogens (tertiary/aromatic N) is 1. The van der Waals surface area contributed by atoms with Crippen LogP contribution in [-0.4, -0.2) is 39.1 Å². The van der Waals surface area contributed by atoms with Gasteiger partial charge in [-0.2, -0.15) is 0 Å². The lowest BCUT2D eigenvalue weighted by molar-refractivity contribution is -0.141. The normalized spacial score (nSPS) is 21.6. The molecule has 1 aliphatic heterocycles. The maximum absolute atomic E-state index is 13.4. The van der Waals surface area contributed by atoms with Crippen LogP contribution in [0.15, 0.2) is 18.2 Å². The molecule has 2 atom stereocenters. The van der Waals surface area contributed by atoms with E-state index in [1.807, 2.05) is 6.92 Å². The van der Waals surface area contributed by atoms with Gasteiger partial charge in [0.1, 0.15) is 11.9 Å². The monoisotopic (exact) mass is 311 g/mol. The van der Waals surface area contributed by atoms with Crippen molar-refractivity contribution in [3.8, 4) is 0 Å². The van der Waals surface area contributed by atoms with Crippen LogP contribution in [0.3, 0.4) is 0 Å². The Morgan fingerprint density at radius 2 is 2.19 bits per heavy atom. The van der Waals surface area contributed by atoms with Crippen LogP contribution in [0.5, 0.6) is 0 Å². The molecule has 21 heavy (non-hydrogen) atoms. The first-order valence-corrected chi connectivity index (χ1v) is 7.93. The van der Waals surface area contributed by atoms with Crippen molar-refractivity contribution < 1.29 is 19.1 Å². The smallest absolute Gasteiger partial charge is 0.327 e. The van der Waals surface area contributed by atoms with Crippen molar-refractivity contribution in [2.24, 2.45) is 0 Å². The van der Waals surface area contributed by atoms with E-state index in [2.05, 4.69) is 0 Å². The van der Waals surface area contributed by atoms with Gasteiger partial charge in [0, 0.05) is 11.3 Å². The Hall–Kier alpha value is -1.56. The molecule has 4 nitrogen and oxygen atoms in total. The molecule has 6 heteroatoms. The molecule has 2 rings (SSSR count). The Labute approximate surface area is 127 Å². The summed E-state index contributed by atoms with van der Waals surface area (Å²) in [7, 11) is 0. The Kier molecular flexibility index (Phi) is 4.88. The Morgan fingerprint density at radius 1 is 1.48 bits per heavy atom. The predicted octanol–water partition coefficient (Wildman–Crippen LogP) is 2.90. The van der Waals surface area contributed by atoms with Crippen LogP contribution >= 0.6 is 11.8 Å². The van der Waals surface area contributed by atoms with E-state index < -0.39 is 23.7 Å². The number of carbonyl (C=O) groups is 2. The number of carboxylic acid groups (broad SMARTS) is 1. The third-order valence-electron chi connectivity index (χ3n) is 3.58. The number of hydrogen-bond acceptors (Lipinski definition) is 3. The minimum absolute atomic E-state index is 0.161. The number of halogens is 1. The molecule has 0 aromatic heterocycles. The highest BCUT2D eigenvalue weighted by atomic mass is 32.2. The van der Waals surface area contributed by atoms with E-state index in [4.69, 9.17) is 0 Å². The molecular weight excluding hydrogens is 293 g/mol. The van der Waals surface area contributed by atoms with Gasteiger partial charge in [0.25, 0.3) is 5.91 Å². The summed E-state index contributed by atoms with van der Waals surface area (Å²) in [5.74, 6) is -1.53. The van der Waals surface area contributed by atoms with Gasteiger partial charge in [-0.1, -0.05) is 19.4 Å². The highest BCUT2D eigenvalue weighted by Gasteiger charge is 2.41. The standard InChI is InChI=1S/C15H18FNO3S/c1-3-4-13-17(12(8-21-13)15(19)20)14(18)11-7-10(16)6-5-9(11)2/h5-7,12-13H,3-4,8H2,1-2H3,(H,19,20). The second-order valence-electron chi connectivity index (χ2n) is 5.10. The van der Waals surface area contributed by atoms with Crippen molar-refractivity contribution >= 4 is 23.6 Å². The molecule has 0 radical (unpaired) electrons. The topological polar surface area (TPSA) is 57.6 Å². The van der Waals surface area contributed by atoms with Crippen LogP contribution in [0.2, 0.25) is 0 Å². The van der Waals surface area contributed by atoms with Gasteiger partial charge in [-0.25, -0.2) is 9.18 Å². The van der Waals surface area contributed by atoms with Gasteiger partial charge in [0.2, 0.25) is 0 Å². The van der Waals surface area contributed by atoms with Crippen molar-refractivity contribution in [1.29, 1.82) is 0 Å². The van der Waals surface area contributed by atoms with Gasteiger partial charge in [-0.05, 0) is 31.0 Å². The number of amides is 1. The van der Waals surface area contributed by atoms with Crippen LogP contribution in [0.4, 0.5) is 4.39 Å². The number of thioether (sulfide) groups is 1. The molecule has 1 aromatic rings. The Bertz CT molecular complexity index is 564. The minimum atomic E-state index is -1.01. The van der Waals surface area contributed by atoms with Gasteiger partial charge < -0.3 is 10.0 Å². The molecule has 1 aliphatic rings. The number of carboxylic acids is 1. The van der Waals surface area contributed by atoms with Gasteiger partial charge in [0.15, 0.2) is 0 Å². The molecule has 1 N–H and O–H groups in total. The van der Waals surface area contributed by atoms with Crippen molar-refractivity contribution in [2.45, 2.75) is 38.1 Å². The maximum atomic E-state index is 13.4. The third kappa shape index (κ3) is 3.20. The molecule has 1 saturated heterocycles. The van der Waals surface area contributed by atoms with Gasteiger partial charge in [-0.15, -0.1) is 11.8 Å². The molecule has 114 valence electrons. The first-order valence-electron chi connectivity index (χ1n) is 6.89. The van der Waals surface area contributed by atoms with Gasteiger partial charge in [0.05, 0.1) is 5.37 Å². The molecule has 1 amide bonds. The SMILES string of the molecule is CCCC1SCC(C(=O)O)N1C(=O)c1cc(F)ccc1C. The molecular formula is C15H18FNO3S. The van der Waals surface area contributed by atoms with E-state index in [9.17, 15) is 19.1 Å². The maximum Gasteiger partial charge on any atom is 0.327 e. The first-order chi connectivity index (χ1) is 9.95. The fourth-order valence-electron chi connectivity index (χ4n) is 2.46. The molecule has 0 spiro atoms. The summed E-state index contributed by atoms with van der Waals surface area (Å²) in [6.45, 7) is 3.71. The fourth-order valence-corrected chi connectivity index (χ4v) is 3.97. The zero-order valence-electron chi connectivity index (χ0n) is 12.0. The second kappa shape index (κ2) is 6.47. The molecule has 1 aromatic carbocycles. The number of aryl methyl sites for hydroxylation is 1. The summed E-state index contributed by atoms with van der Waals surface area (Å²) >= 11 is 1.48. The lowest BCUT2D eigenvalue weighted by atomic mass is 10.1. The highest BCUT2D eigenvalue weighted by molar-refractivity contribution is 8.00. The summed E-state index contributed by atoms with van der Waals surface area (Å²) in [6, 6.07) is 3.17. The average molecular weight is 311 g/mol. The predicted molar refractivity (Wildman–Crippen MR) is 79.9 cm³/mol. The Morgan fingerprint density at radius 3 is 2.81 bits per heavy atom. The second-order valence-corrected chi connectivity index (χ2v) is 6.31. The minimum Gasteiger partial charge on any atom is -0.480 e. The van der Waals surface area contributed by atoms with E-state index in [0.29, 0.717) is 11.3 Å². The zero-order valence-corrected chi connectivity index (χ0v) is 12.8. The molecule has 1 heterocycles. The zero-order chi connectivity index (χ0) is 15.6. The third-order valence-corrected chi connectivity index (χ3v) is 4.93. The molecule has 0 bridgehead atoms. The summed E-state index contributed by atoms with van der Waals surface area (Å²) in [5, 5.41) is 9.15. The van der Waals surface area contributed by atoms with E-state index in [1.165, 1.54) is 34.9 Å². The summed E-state index contributed by atoms with van der Waals surface area (Å²) in [5.41, 5.74) is 0.891. The number of hydrogen-bond donors (Lipinski definition) is 1. The summed E-state index contributed by atoms with van der Waals surface area (Å²) < 4.78 is 13.4. The van der Waals surface area contributed by atoms with Gasteiger partial charge in [-0.3, -0.25) is 4.79 Å². The van der Waals surface area contributed by atoms with Crippen LogP contribution in [0, 0.1) is 12.7 Å². The van der Waals surface area contributed by atoms with Crippen LogP contribution in [-0.2, 0) is 4.79 Å². The largest absolute Gasteiger partial charge is 0.480 e. The molecule has 1 fully saturated rings. The fraction of sp³-hybridized carbons (Fsp3) is 0.467. The number of rotatable bonds is 4. The number of aliphatic carboxylic acids is 1. The van der Waals surface area contributed by atoms with E-state index in [1.54, 1.807) is 6.92 Å². The van der Waals surface area contributed by atoms with E-state index in [0.717, 1.165) is 12.8 Å². The van der Waals surface area contributed by atoms with Crippen molar-refractivity contribution in [1.82, 2.24) is 4.90 Å². The number of benzene rings is 1.